The number of carboxylic acids is 1. The van der Waals surface area contributed by atoms with E-state index in [-0.39, 0.29) is 12.5 Å². The molecule has 20 heavy (non-hydrogen) atoms. The van der Waals surface area contributed by atoms with Gasteiger partial charge in [0.2, 0.25) is 5.91 Å². The van der Waals surface area contributed by atoms with Crippen LogP contribution in [0.3, 0.4) is 0 Å². The summed E-state index contributed by atoms with van der Waals surface area (Å²) in [4.78, 5) is 25.4. The van der Waals surface area contributed by atoms with E-state index in [1.807, 2.05) is 4.90 Å². The van der Waals surface area contributed by atoms with Gasteiger partial charge in [-0.25, -0.2) is 0 Å². The van der Waals surface area contributed by atoms with E-state index in [9.17, 15) is 9.59 Å². The highest BCUT2D eigenvalue weighted by molar-refractivity contribution is 5.83. The second kappa shape index (κ2) is 5.95. The monoisotopic (exact) mass is 280 g/mol. The number of amides is 1. The molecule has 112 valence electrons. The van der Waals surface area contributed by atoms with Gasteiger partial charge in [0, 0.05) is 11.7 Å². The van der Waals surface area contributed by atoms with Crippen molar-refractivity contribution < 1.29 is 14.7 Å². The summed E-state index contributed by atoms with van der Waals surface area (Å²) in [5.74, 6) is -0.949. The lowest BCUT2D eigenvalue weighted by molar-refractivity contribution is -0.143. The fraction of sp³-hybridized carbons (Fsp3) is 0.733. The van der Waals surface area contributed by atoms with Crippen LogP contribution in [0.4, 0.5) is 0 Å². The maximum atomic E-state index is 12.4. The molecule has 0 saturated heterocycles. The second-order valence-corrected chi connectivity index (χ2v) is 6.22. The van der Waals surface area contributed by atoms with E-state index in [0.29, 0.717) is 6.04 Å². The van der Waals surface area contributed by atoms with Crippen molar-refractivity contribution in [2.24, 2.45) is 0 Å². The minimum absolute atomic E-state index is 0.00465. The van der Waals surface area contributed by atoms with E-state index < -0.39 is 11.5 Å². The highest BCUT2D eigenvalue weighted by Crippen LogP contribution is 2.33. The molecule has 1 saturated carbocycles. The van der Waals surface area contributed by atoms with Crippen LogP contribution < -0.4 is 5.32 Å². The molecular formula is C15H24N2O3. The molecule has 0 bridgehead atoms. The minimum Gasteiger partial charge on any atom is -0.480 e. The molecule has 1 amide bonds. The van der Waals surface area contributed by atoms with Gasteiger partial charge >= 0.3 is 5.97 Å². The molecule has 0 atom stereocenters. The van der Waals surface area contributed by atoms with E-state index in [1.54, 1.807) is 13.8 Å². The first kappa shape index (κ1) is 15.0. The standard InChI is InChI=1S/C15H24N2O3/c1-15(2,14(19)20)16-10-13(18)17(12-8-9-12)11-6-4-3-5-7-11/h6,12,16H,3-5,7-10H2,1-2H3,(H,19,20). The van der Waals surface area contributed by atoms with Crippen LogP contribution in [-0.4, -0.2) is 40.0 Å². The average Bonchev–Trinajstić information content (AvgIpc) is 3.22. The van der Waals surface area contributed by atoms with Crippen LogP contribution in [0.5, 0.6) is 0 Å². The van der Waals surface area contributed by atoms with Gasteiger partial charge in [0.1, 0.15) is 5.54 Å². The molecule has 0 spiro atoms. The van der Waals surface area contributed by atoms with E-state index in [4.69, 9.17) is 5.11 Å². The first-order valence-electron chi connectivity index (χ1n) is 7.41. The number of allylic oxidation sites excluding steroid dienone is 2. The Labute approximate surface area is 120 Å². The molecule has 0 aromatic rings. The number of carboxylic acid groups (broad SMARTS) is 1. The third-order valence-corrected chi connectivity index (χ3v) is 3.97. The van der Waals surface area contributed by atoms with Crippen molar-refractivity contribution in [3.8, 4) is 0 Å². The van der Waals surface area contributed by atoms with Crippen molar-refractivity contribution >= 4 is 11.9 Å². The molecule has 5 heteroatoms. The van der Waals surface area contributed by atoms with Crippen LogP contribution in [0.2, 0.25) is 0 Å². The number of hydrogen-bond donors (Lipinski definition) is 2. The molecule has 5 nitrogen and oxygen atoms in total. The molecule has 2 aliphatic carbocycles. The van der Waals surface area contributed by atoms with E-state index >= 15 is 0 Å². The van der Waals surface area contributed by atoms with Crippen molar-refractivity contribution in [1.29, 1.82) is 0 Å². The van der Waals surface area contributed by atoms with Gasteiger partial charge in [0.15, 0.2) is 0 Å². The van der Waals surface area contributed by atoms with Gasteiger partial charge in [-0.2, -0.15) is 0 Å². The van der Waals surface area contributed by atoms with Crippen LogP contribution in [0.15, 0.2) is 11.8 Å². The molecule has 0 aromatic carbocycles. The zero-order chi connectivity index (χ0) is 14.8. The van der Waals surface area contributed by atoms with Crippen molar-refractivity contribution in [2.45, 2.75) is 64.0 Å². The Balaban J connectivity index is 1.98. The lowest BCUT2D eigenvalue weighted by atomic mass is 10.0. The molecule has 1 fully saturated rings. The lowest BCUT2D eigenvalue weighted by Crippen LogP contribution is -2.51. The summed E-state index contributed by atoms with van der Waals surface area (Å²) in [5.41, 5.74) is 0.0601. The lowest BCUT2D eigenvalue weighted by Gasteiger charge is -2.29. The number of carbonyl (C=O) groups excluding carboxylic acids is 1. The third kappa shape index (κ3) is 3.60. The number of carbonyl (C=O) groups is 2. The van der Waals surface area contributed by atoms with Gasteiger partial charge in [0.25, 0.3) is 0 Å². The molecular weight excluding hydrogens is 256 g/mol. The second-order valence-electron chi connectivity index (χ2n) is 6.22. The van der Waals surface area contributed by atoms with E-state index in [2.05, 4.69) is 11.4 Å². The third-order valence-electron chi connectivity index (χ3n) is 3.97. The fourth-order valence-corrected chi connectivity index (χ4v) is 2.43. The Hall–Kier alpha value is -1.36. The van der Waals surface area contributed by atoms with Crippen molar-refractivity contribution in [1.82, 2.24) is 10.2 Å². The van der Waals surface area contributed by atoms with Crippen LogP contribution in [0.25, 0.3) is 0 Å². The Kier molecular flexibility index (Phi) is 4.48. The normalized spacial score (nSPS) is 19.4. The van der Waals surface area contributed by atoms with Gasteiger partial charge in [0.05, 0.1) is 6.54 Å². The van der Waals surface area contributed by atoms with Crippen LogP contribution in [0, 0.1) is 0 Å². The molecule has 2 N–H and O–H groups in total. The van der Waals surface area contributed by atoms with Crippen LogP contribution in [0.1, 0.15) is 52.4 Å². The van der Waals surface area contributed by atoms with Gasteiger partial charge in [-0.3, -0.25) is 14.9 Å². The molecule has 0 radical (unpaired) electrons. The highest BCUT2D eigenvalue weighted by atomic mass is 16.4. The predicted octanol–water partition coefficient (Wildman–Crippen LogP) is 1.89. The van der Waals surface area contributed by atoms with E-state index in [1.165, 1.54) is 6.42 Å². The van der Waals surface area contributed by atoms with Gasteiger partial charge in [-0.1, -0.05) is 6.08 Å². The minimum atomic E-state index is -1.08. The number of nitrogens with one attached hydrogen (secondary N) is 1. The van der Waals surface area contributed by atoms with E-state index in [0.717, 1.165) is 37.8 Å². The van der Waals surface area contributed by atoms with Crippen molar-refractivity contribution in [3.63, 3.8) is 0 Å². The van der Waals surface area contributed by atoms with Crippen LogP contribution >= 0.6 is 0 Å². The summed E-state index contributed by atoms with van der Waals surface area (Å²) >= 11 is 0. The molecule has 2 aliphatic rings. The zero-order valence-electron chi connectivity index (χ0n) is 12.3. The van der Waals surface area contributed by atoms with Gasteiger partial charge in [-0.05, 0) is 52.4 Å². The molecule has 0 heterocycles. The molecule has 0 aromatic heterocycles. The SMILES string of the molecule is CC(C)(NCC(=O)N(C1=CCCCC1)C1CC1)C(=O)O. The smallest absolute Gasteiger partial charge is 0.323 e. The maximum Gasteiger partial charge on any atom is 0.323 e. The average molecular weight is 280 g/mol. The topological polar surface area (TPSA) is 69.6 Å². The van der Waals surface area contributed by atoms with Crippen molar-refractivity contribution in [2.75, 3.05) is 6.54 Å². The number of aliphatic carboxylic acids is 1. The summed E-state index contributed by atoms with van der Waals surface area (Å²) in [6.45, 7) is 3.22. The molecule has 0 aliphatic heterocycles. The number of nitrogens with zero attached hydrogens (tertiary/aromatic N) is 1. The number of rotatable bonds is 6. The molecule has 0 unspecified atom stereocenters. The first-order valence-corrected chi connectivity index (χ1v) is 7.41. The Morgan fingerprint density at radius 1 is 1.40 bits per heavy atom. The van der Waals surface area contributed by atoms with Crippen molar-refractivity contribution in [3.05, 3.63) is 11.8 Å². The first-order chi connectivity index (χ1) is 9.42. The van der Waals surface area contributed by atoms with Crippen LogP contribution in [-0.2, 0) is 9.59 Å². The number of hydrogen-bond acceptors (Lipinski definition) is 3. The zero-order valence-corrected chi connectivity index (χ0v) is 12.3. The van der Waals surface area contributed by atoms with Gasteiger partial charge < -0.3 is 10.0 Å². The summed E-state index contributed by atoms with van der Waals surface area (Å²) in [5, 5.41) is 11.9. The quantitative estimate of drug-likeness (QED) is 0.779. The maximum absolute atomic E-state index is 12.4. The Morgan fingerprint density at radius 2 is 2.10 bits per heavy atom. The summed E-state index contributed by atoms with van der Waals surface area (Å²) in [7, 11) is 0. The predicted molar refractivity (Wildman–Crippen MR) is 76.1 cm³/mol. The highest BCUT2D eigenvalue weighted by Gasteiger charge is 2.36. The summed E-state index contributed by atoms with van der Waals surface area (Å²) < 4.78 is 0. The molecule has 2 rings (SSSR count). The fourth-order valence-electron chi connectivity index (χ4n) is 2.43. The summed E-state index contributed by atoms with van der Waals surface area (Å²) in [6, 6.07) is 0.335. The summed E-state index contributed by atoms with van der Waals surface area (Å²) in [6.07, 6.45) is 8.63. The Bertz CT molecular complexity index is 425. The van der Waals surface area contributed by atoms with Gasteiger partial charge in [-0.15, -0.1) is 0 Å². The Morgan fingerprint density at radius 3 is 2.60 bits per heavy atom. The largest absolute Gasteiger partial charge is 0.480 e.